The first-order chi connectivity index (χ1) is 4.33. The van der Waals surface area contributed by atoms with E-state index in [1.807, 2.05) is 6.08 Å². The number of hydrogen-bond donors (Lipinski definition) is 1. The number of ketones is 1. The third-order valence-electron chi connectivity index (χ3n) is 1.28. The van der Waals surface area contributed by atoms with Crippen molar-refractivity contribution in [3.63, 3.8) is 0 Å². The van der Waals surface area contributed by atoms with E-state index < -0.39 is 0 Å². The molecule has 2 nitrogen and oxygen atoms in total. The largest absolute Gasteiger partial charge is 0.327 e. The van der Waals surface area contributed by atoms with Crippen LogP contribution in [0.15, 0.2) is 23.8 Å². The van der Waals surface area contributed by atoms with Crippen LogP contribution in [-0.4, -0.2) is 12.3 Å². The molecule has 0 heterocycles. The van der Waals surface area contributed by atoms with Crippen molar-refractivity contribution in [1.29, 1.82) is 0 Å². The van der Waals surface area contributed by atoms with Gasteiger partial charge in [0.25, 0.3) is 0 Å². The van der Waals surface area contributed by atoms with Gasteiger partial charge in [0.05, 0.1) is 0 Å². The van der Waals surface area contributed by atoms with Gasteiger partial charge in [-0.05, 0) is 11.6 Å². The van der Waals surface area contributed by atoms with Crippen LogP contribution in [0.25, 0.3) is 0 Å². The molecule has 2 heteroatoms. The molecule has 0 saturated carbocycles. The van der Waals surface area contributed by atoms with Gasteiger partial charge in [0.1, 0.15) is 0 Å². The van der Waals surface area contributed by atoms with Crippen molar-refractivity contribution in [3.05, 3.63) is 23.8 Å². The quantitative estimate of drug-likeness (QED) is 0.548. The van der Waals surface area contributed by atoms with Crippen LogP contribution in [0.2, 0.25) is 0 Å². The van der Waals surface area contributed by atoms with Gasteiger partial charge in [-0.2, -0.15) is 0 Å². The Labute approximate surface area is 54.0 Å². The molecule has 0 spiro atoms. The van der Waals surface area contributed by atoms with Crippen molar-refractivity contribution in [2.75, 3.05) is 6.54 Å². The zero-order valence-corrected chi connectivity index (χ0v) is 5.13. The van der Waals surface area contributed by atoms with Gasteiger partial charge in [-0.15, -0.1) is 0 Å². The Kier molecular flexibility index (Phi) is 1.80. The molecule has 2 N–H and O–H groups in total. The van der Waals surface area contributed by atoms with Crippen molar-refractivity contribution < 1.29 is 4.79 Å². The third-order valence-corrected chi connectivity index (χ3v) is 1.28. The van der Waals surface area contributed by atoms with Crippen LogP contribution in [-0.2, 0) is 4.79 Å². The van der Waals surface area contributed by atoms with Gasteiger partial charge in [-0.25, -0.2) is 0 Å². The van der Waals surface area contributed by atoms with Crippen LogP contribution in [0.1, 0.15) is 6.42 Å². The first-order valence-electron chi connectivity index (χ1n) is 2.92. The second-order valence-electron chi connectivity index (χ2n) is 2.03. The number of rotatable bonds is 1. The van der Waals surface area contributed by atoms with E-state index in [-0.39, 0.29) is 5.78 Å². The minimum absolute atomic E-state index is 0.151. The van der Waals surface area contributed by atoms with Crippen molar-refractivity contribution in [1.82, 2.24) is 0 Å². The summed E-state index contributed by atoms with van der Waals surface area (Å²) in [5.74, 6) is 0.151. The van der Waals surface area contributed by atoms with Crippen molar-refractivity contribution in [2.45, 2.75) is 6.42 Å². The number of hydrogen-bond acceptors (Lipinski definition) is 2. The molecule has 1 aliphatic carbocycles. The molecule has 0 bridgehead atoms. The predicted molar refractivity (Wildman–Crippen MR) is 35.9 cm³/mol. The van der Waals surface area contributed by atoms with E-state index in [0.717, 1.165) is 5.57 Å². The Morgan fingerprint density at radius 1 is 1.67 bits per heavy atom. The summed E-state index contributed by atoms with van der Waals surface area (Å²) in [6.07, 6.45) is 5.71. The van der Waals surface area contributed by atoms with Crippen molar-refractivity contribution >= 4 is 5.78 Å². The Morgan fingerprint density at radius 2 is 2.44 bits per heavy atom. The monoisotopic (exact) mass is 123 g/mol. The van der Waals surface area contributed by atoms with Crippen LogP contribution in [0, 0.1) is 0 Å². The molecular weight excluding hydrogens is 114 g/mol. The summed E-state index contributed by atoms with van der Waals surface area (Å²) in [7, 11) is 0. The third kappa shape index (κ3) is 1.50. The molecule has 0 unspecified atom stereocenters. The Morgan fingerprint density at radius 3 is 2.89 bits per heavy atom. The number of nitrogens with two attached hydrogens (primary N) is 1. The summed E-state index contributed by atoms with van der Waals surface area (Å²) in [6, 6.07) is 0. The van der Waals surface area contributed by atoms with E-state index >= 15 is 0 Å². The van der Waals surface area contributed by atoms with Crippen LogP contribution in [0.5, 0.6) is 0 Å². The van der Waals surface area contributed by atoms with Gasteiger partial charge in [0, 0.05) is 13.0 Å². The standard InChI is InChI=1S/C7H9NO/c8-5-6-2-1-3-7(9)4-6/h1-3H,4-5,8H2. The van der Waals surface area contributed by atoms with Crippen LogP contribution < -0.4 is 5.73 Å². The van der Waals surface area contributed by atoms with E-state index in [0.29, 0.717) is 13.0 Å². The fourth-order valence-corrected chi connectivity index (χ4v) is 0.773. The lowest BCUT2D eigenvalue weighted by Crippen LogP contribution is -2.08. The highest BCUT2D eigenvalue weighted by atomic mass is 16.1. The van der Waals surface area contributed by atoms with Crippen LogP contribution >= 0.6 is 0 Å². The van der Waals surface area contributed by atoms with Crippen LogP contribution in [0.4, 0.5) is 0 Å². The fourth-order valence-electron chi connectivity index (χ4n) is 0.773. The predicted octanol–water partition coefficient (Wildman–Crippen LogP) is 0.401. The summed E-state index contributed by atoms with van der Waals surface area (Å²) in [6.45, 7) is 0.496. The van der Waals surface area contributed by atoms with E-state index in [1.54, 1.807) is 12.2 Å². The lowest BCUT2D eigenvalue weighted by Gasteiger charge is -2.02. The number of carbonyl (C=O) groups excluding carboxylic acids is 1. The molecule has 0 radical (unpaired) electrons. The summed E-state index contributed by atoms with van der Waals surface area (Å²) in [5.41, 5.74) is 6.33. The van der Waals surface area contributed by atoms with E-state index in [4.69, 9.17) is 5.73 Å². The van der Waals surface area contributed by atoms with Gasteiger partial charge in [-0.3, -0.25) is 4.79 Å². The SMILES string of the molecule is NCC1=CC=CC(=O)C1. The highest BCUT2D eigenvalue weighted by molar-refractivity contribution is 5.93. The minimum atomic E-state index is 0.151. The Hall–Kier alpha value is -0.890. The smallest absolute Gasteiger partial charge is 0.159 e. The second kappa shape index (κ2) is 2.60. The molecule has 0 aromatic heterocycles. The summed E-state index contributed by atoms with van der Waals surface area (Å²) in [4.78, 5) is 10.6. The highest BCUT2D eigenvalue weighted by Crippen LogP contribution is 2.05. The van der Waals surface area contributed by atoms with Crippen molar-refractivity contribution in [2.24, 2.45) is 5.73 Å². The van der Waals surface area contributed by atoms with E-state index in [1.165, 1.54) is 0 Å². The van der Waals surface area contributed by atoms with Gasteiger partial charge in [0.15, 0.2) is 5.78 Å². The lowest BCUT2D eigenvalue weighted by atomic mass is 10.0. The Balaban J connectivity index is 2.65. The zero-order chi connectivity index (χ0) is 6.69. The molecule has 0 saturated heterocycles. The van der Waals surface area contributed by atoms with E-state index in [2.05, 4.69) is 0 Å². The number of carbonyl (C=O) groups is 1. The second-order valence-corrected chi connectivity index (χ2v) is 2.03. The molecule has 0 atom stereocenters. The number of allylic oxidation sites excluding steroid dienone is 3. The molecule has 0 aliphatic heterocycles. The summed E-state index contributed by atoms with van der Waals surface area (Å²) in [5, 5.41) is 0. The van der Waals surface area contributed by atoms with Gasteiger partial charge >= 0.3 is 0 Å². The average Bonchev–Trinajstić information content (AvgIpc) is 1.88. The molecule has 0 amide bonds. The van der Waals surface area contributed by atoms with Gasteiger partial charge < -0.3 is 5.73 Å². The normalized spacial score (nSPS) is 17.9. The first kappa shape index (κ1) is 6.23. The zero-order valence-electron chi connectivity index (χ0n) is 5.13. The highest BCUT2D eigenvalue weighted by Gasteiger charge is 2.03. The Bertz CT molecular complexity index is 179. The molecule has 1 rings (SSSR count). The maximum atomic E-state index is 10.6. The van der Waals surface area contributed by atoms with E-state index in [9.17, 15) is 4.79 Å². The first-order valence-corrected chi connectivity index (χ1v) is 2.92. The van der Waals surface area contributed by atoms with Gasteiger partial charge in [-0.1, -0.05) is 12.2 Å². The molecule has 0 aromatic carbocycles. The molecule has 48 valence electrons. The molecular formula is C7H9NO. The average molecular weight is 123 g/mol. The molecule has 9 heavy (non-hydrogen) atoms. The summed E-state index contributed by atoms with van der Waals surface area (Å²) < 4.78 is 0. The van der Waals surface area contributed by atoms with Gasteiger partial charge in [0.2, 0.25) is 0 Å². The molecule has 0 aromatic rings. The topological polar surface area (TPSA) is 43.1 Å². The maximum absolute atomic E-state index is 10.6. The lowest BCUT2D eigenvalue weighted by molar-refractivity contribution is -0.114. The maximum Gasteiger partial charge on any atom is 0.159 e. The summed E-state index contributed by atoms with van der Waals surface area (Å²) >= 11 is 0. The molecule has 1 aliphatic rings. The van der Waals surface area contributed by atoms with Crippen LogP contribution in [0.3, 0.4) is 0 Å². The minimum Gasteiger partial charge on any atom is -0.327 e. The van der Waals surface area contributed by atoms with Crippen molar-refractivity contribution in [3.8, 4) is 0 Å². The molecule has 0 fully saturated rings. The fraction of sp³-hybridized carbons (Fsp3) is 0.286.